The number of benzene rings is 3. The number of anilines is 2. The number of carbonyl (C=O) groups is 3. The van der Waals surface area contributed by atoms with Gasteiger partial charge in [-0.15, -0.1) is 0 Å². The predicted octanol–water partition coefficient (Wildman–Crippen LogP) is 3.69. The van der Waals surface area contributed by atoms with Crippen LogP contribution in [-0.4, -0.2) is 47.1 Å². The van der Waals surface area contributed by atoms with Crippen LogP contribution in [0.3, 0.4) is 0 Å². The molecule has 10 nitrogen and oxygen atoms in total. The average Bonchev–Trinajstić information content (AvgIpc) is 2.88. The Bertz CT molecular complexity index is 1400. The molecule has 0 saturated heterocycles. The molecule has 0 fully saturated rings. The van der Waals surface area contributed by atoms with E-state index in [4.69, 9.17) is 4.74 Å². The van der Waals surface area contributed by atoms with Gasteiger partial charge in [-0.2, -0.15) is 0 Å². The predicted molar refractivity (Wildman–Crippen MR) is 136 cm³/mol. The molecule has 0 atom stereocenters. The molecule has 3 aromatic carbocycles. The normalized spacial score (nSPS) is 10.8. The number of sulfonamides is 1. The molecule has 11 heteroatoms. The fourth-order valence-corrected chi connectivity index (χ4v) is 4.30. The van der Waals surface area contributed by atoms with Gasteiger partial charge in [0.1, 0.15) is 5.75 Å². The van der Waals surface area contributed by atoms with Crippen LogP contribution < -0.4 is 14.8 Å². The lowest BCUT2D eigenvalue weighted by atomic mass is 10.1. The highest BCUT2D eigenvalue weighted by atomic mass is 32.2. The molecule has 3 aromatic rings. The molecular formula is C26H26N2O8S. The van der Waals surface area contributed by atoms with Gasteiger partial charge in [-0.3, -0.25) is 9.52 Å². The van der Waals surface area contributed by atoms with Crippen molar-refractivity contribution >= 4 is 39.2 Å². The molecular weight excluding hydrogens is 500 g/mol. The van der Waals surface area contributed by atoms with E-state index >= 15 is 0 Å². The van der Waals surface area contributed by atoms with Crippen molar-refractivity contribution in [3.8, 4) is 5.75 Å². The third kappa shape index (κ3) is 7.07. The summed E-state index contributed by atoms with van der Waals surface area (Å²) in [5.74, 6) is -1.70. The highest BCUT2D eigenvalue weighted by molar-refractivity contribution is 7.92. The van der Waals surface area contributed by atoms with E-state index in [2.05, 4.69) is 19.5 Å². The maximum Gasteiger partial charge on any atom is 0.337 e. The maximum absolute atomic E-state index is 12.7. The molecule has 0 aliphatic rings. The Morgan fingerprint density at radius 2 is 1.35 bits per heavy atom. The van der Waals surface area contributed by atoms with Gasteiger partial charge in [0.25, 0.3) is 15.9 Å². The van der Waals surface area contributed by atoms with E-state index in [1.807, 2.05) is 19.9 Å². The summed E-state index contributed by atoms with van der Waals surface area (Å²) in [6.07, 6.45) is 0. The third-order valence-electron chi connectivity index (χ3n) is 5.32. The van der Waals surface area contributed by atoms with Crippen LogP contribution in [0.5, 0.6) is 5.75 Å². The largest absolute Gasteiger partial charge is 0.484 e. The van der Waals surface area contributed by atoms with Gasteiger partial charge in [-0.05, 0) is 79.6 Å². The van der Waals surface area contributed by atoms with Crippen molar-refractivity contribution in [1.29, 1.82) is 0 Å². The Labute approximate surface area is 214 Å². The molecule has 0 heterocycles. The van der Waals surface area contributed by atoms with Crippen LogP contribution >= 0.6 is 0 Å². The van der Waals surface area contributed by atoms with Crippen LogP contribution in [0.25, 0.3) is 0 Å². The number of rotatable bonds is 9. The maximum atomic E-state index is 12.7. The Kier molecular flexibility index (Phi) is 8.51. The SMILES string of the molecule is COC(=O)c1cc(NC(=O)COc2ccc(S(=O)(=O)Nc3ccc(C)c(C)c3)cc2)cc(C(=O)OC)c1. The van der Waals surface area contributed by atoms with E-state index in [9.17, 15) is 22.8 Å². The number of ether oxygens (including phenoxy) is 3. The van der Waals surface area contributed by atoms with E-state index < -0.39 is 34.5 Å². The van der Waals surface area contributed by atoms with Gasteiger partial charge in [-0.1, -0.05) is 6.07 Å². The van der Waals surface area contributed by atoms with Crippen molar-refractivity contribution in [2.75, 3.05) is 30.9 Å². The Balaban J connectivity index is 1.64. The first-order valence-electron chi connectivity index (χ1n) is 11.0. The summed E-state index contributed by atoms with van der Waals surface area (Å²) in [5, 5.41) is 2.54. The number of nitrogens with one attached hydrogen (secondary N) is 2. The molecule has 0 aromatic heterocycles. The minimum atomic E-state index is -3.82. The molecule has 0 spiro atoms. The van der Waals surface area contributed by atoms with Crippen molar-refractivity contribution in [3.63, 3.8) is 0 Å². The third-order valence-corrected chi connectivity index (χ3v) is 6.72. The van der Waals surface area contributed by atoms with E-state index in [-0.39, 0.29) is 27.5 Å². The summed E-state index contributed by atoms with van der Waals surface area (Å²) in [7, 11) is -1.44. The lowest BCUT2D eigenvalue weighted by Gasteiger charge is -2.12. The van der Waals surface area contributed by atoms with Crippen molar-refractivity contribution in [1.82, 2.24) is 0 Å². The van der Waals surface area contributed by atoms with E-state index in [1.165, 1.54) is 56.7 Å². The topological polar surface area (TPSA) is 137 Å². The zero-order valence-electron chi connectivity index (χ0n) is 20.7. The first-order chi connectivity index (χ1) is 17.5. The average molecular weight is 527 g/mol. The molecule has 37 heavy (non-hydrogen) atoms. The number of amides is 1. The van der Waals surface area contributed by atoms with Gasteiger partial charge in [0.15, 0.2) is 6.61 Å². The zero-order chi connectivity index (χ0) is 27.2. The Morgan fingerprint density at radius 3 is 1.89 bits per heavy atom. The van der Waals surface area contributed by atoms with Gasteiger partial charge >= 0.3 is 11.9 Å². The number of esters is 2. The van der Waals surface area contributed by atoms with Gasteiger partial charge in [0, 0.05) is 11.4 Å². The quantitative estimate of drug-likeness (QED) is 0.403. The highest BCUT2D eigenvalue weighted by Gasteiger charge is 2.17. The molecule has 0 bridgehead atoms. The minimum absolute atomic E-state index is 0.0255. The molecule has 0 aliphatic heterocycles. The summed E-state index contributed by atoms with van der Waals surface area (Å²) < 4.78 is 42.7. The van der Waals surface area contributed by atoms with Crippen molar-refractivity contribution < 1.29 is 37.0 Å². The van der Waals surface area contributed by atoms with Crippen LogP contribution in [0, 0.1) is 13.8 Å². The minimum Gasteiger partial charge on any atom is -0.484 e. The van der Waals surface area contributed by atoms with Gasteiger partial charge < -0.3 is 19.5 Å². The number of hydrogen-bond acceptors (Lipinski definition) is 8. The van der Waals surface area contributed by atoms with Crippen LogP contribution in [0.2, 0.25) is 0 Å². The van der Waals surface area contributed by atoms with Crippen LogP contribution in [0.1, 0.15) is 31.8 Å². The molecule has 0 aliphatic carbocycles. The summed E-state index contributed by atoms with van der Waals surface area (Å²) in [5.41, 5.74) is 2.72. The molecule has 2 N–H and O–H groups in total. The number of carbonyl (C=O) groups excluding carboxylic acids is 3. The van der Waals surface area contributed by atoms with Gasteiger partial charge in [-0.25, -0.2) is 18.0 Å². The second kappa shape index (κ2) is 11.6. The van der Waals surface area contributed by atoms with Crippen molar-refractivity contribution in [3.05, 3.63) is 82.9 Å². The smallest absolute Gasteiger partial charge is 0.337 e. The number of methoxy groups -OCH3 is 2. The number of hydrogen-bond donors (Lipinski definition) is 2. The van der Waals surface area contributed by atoms with Crippen LogP contribution in [-0.2, 0) is 24.3 Å². The molecule has 3 rings (SSSR count). The molecule has 0 saturated carbocycles. The second-order valence-electron chi connectivity index (χ2n) is 7.99. The molecule has 0 unspecified atom stereocenters. The van der Waals surface area contributed by atoms with E-state index in [0.29, 0.717) is 5.69 Å². The zero-order valence-corrected chi connectivity index (χ0v) is 21.5. The van der Waals surface area contributed by atoms with Crippen LogP contribution in [0.4, 0.5) is 11.4 Å². The fraction of sp³-hybridized carbons (Fsp3) is 0.192. The highest BCUT2D eigenvalue weighted by Crippen LogP contribution is 2.22. The summed E-state index contributed by atoms with van der Waals surface area (Å²) in [6.45, 7) is 3.41. The number of aryl methyl sites for hydroxylation is 2. The van der Waals surface area contributed by atoms with Crippen LogP contribution in [0.15, 0.2) is 65.6 Å². The second-order valence-corrected chi connectivity index (χ2v) is 9.68. The molecule has 194 valence electrons. The summed E-state index contributed by atoms with van der Waals surface area (Å²) >= 11 is 0. The van der Waals surface area contributed by atoms with Crippen molar-refractivity contribution in [2.24, 2.45) is 0 Å². The lowest BCUT2D eigenvalue weighted by molar-refractivity contribution is -0.118. The van der Waals surface area contributed by atoms with Gasteiger partial charge in [0.2, 0.25) is 0 Å². The van der Waals surface area contributed by atoms with E-state index in [1.54, 1.807) is 12.1 Å². The van der Waals surface area contributed by atoms with E-state index in [0.717, 1.165) is 11.1 Å². The fourth-order valence-electron chi connectivity index (χ4n) is 3.25. The first-order valence-corrected chi connectivity index (χ1v) is 12.4. The summed E-state index contributed by atoms with van der Waals surface area (Å²) in [4.78, 5) is 36.2. The molecule has 0 radical (unpaired) electrons. The monoisotopic (exact) mass is 526 g/mol. The first kappa shape index (κ1) is 27.2. The Hall–Kier alpha value is -4.38. The Morgan fingerprint density at radius 1 is 0.757 bits per heavy atom. The summed E-state index contributed by atoms with van der Waals surface area (Å²) in [6, 6.07) is 14.8. The van der Waals surface area contributed by atoms with Gasteiger partial charge in [0.05, 0.1) is 30.2 Å². The standard InChI is InChI=1S/C26H26N2O8S/c1-16-5-6-20(11-17(16)2)28-37(32,33)23-9-7-22(8-10-23)36-15-24(29)27-21-13-18(25(30)34-3)12-19(14-21)26(31)35-4/h5-14,28H,15H2,1-4H3,(H,27,29). The van der Waals surface area contributed by atoms with Crippen molar-refractivity contribution in [2.45, 2.75) is 18.7 Å². The lowest BCUT2D eigenvalue weighted by Crippen LogP contribution is -2.21. The molecule has 1 amide bonds.